The summed E-state index contributed by atoms with van der Waals surface area (Å²) in [6, 6.07) is -1.94. The van der Waals surface area contributed by atoms with E-state index in [0.717, 1.165) is 0 Å². The monoisotopic (exact) mass is 301 g/mol. The Bertz CT molecular complexity index is 483. The van der Waals surface area contributed by atoms with E-state index < -0.39 is 36.1 Å². The topological polar surface area (TPSA) is 157 Å². The number of nitrogens with one attached hydrogen (secondary N) is 1. The van der Waals surface area contributed by atoms with E-state index in [0.29, 0.717) is 5.56 Å². The standard InChI is InChI=1S/C12H15NO8/c14-8(6-3-4-21-5-6)2-1-7(10(15)16)13-9(11(17)18)12(19)20/h3-5,7-9,13-14H,1-2H2,(H,15,16)(H,17,18)(H,19,20). The molecule has 9 heteroatoms. The third-order valence-electron chi connectivity index (χ3n) is 2.82. The molecule has 0 aromatic carbocycles. The van der Waals surface area contributed by atoms with Crippen LogP contribution in [0.3, 0.4) is 0 Å². The van der Waals surface area contributed by atoms with Crippen LogP contribution in [-0.4, -0.2) is 50.4 Å². The second-order valence-electron chi connectivity index (χ2n) is 4.32. The van der Waals surface area contributed by atoms with Crippen LogP contribution in [0, 0.1) is 0 Å². The van der Waals surface area contributed by atoms with Crippen LogP contribution in [0.4, 0.5) is 0 Å². The molecule has 5 N–H and O–H groups in total. The van der Waals surface area contributed by atoms with Gasteiger partial charge in [-0.15, -0.1) is 0 Å². The van der Waals surface area contributed by atoms with Crippen molar-refractivity contribution in [2.45, 2.75) is 31.0 Å². The Labute approximate surface area is 118 Å². The van der Waals surface area contributed by atoms with E-state index in [1.54, 1.807) is 0 Å². The zero-order chi connectivity index (χ0) is 16.0. The summed E-state index contributed by atoms with van der Waals surface area (Å²) in [4.78, 5) is 32.5. The molecule has 0 spiro atoms. The van der Waals surface area contributed by atoms with Crippen LogP contribution in [0.2, 0.25) is 0 Å². The molecule has 0 fully saturated rings. The largest absolute Gasteiger partial charge is 0.480 e. The Kier molecular flexibility index (Phi) is 5.88. The van der Waals surface area contributed by atoms with E-state index in [1.165, 1.54) is 18.6 Å². The van der Waals surface area contributed by atoms with Gasteiger partial charge in [0.05, 0.1) is 18.6 Å². The van der Waals surface area contributed by atoms with Crippen LogP contribution in [-0.2, 0) is 14.4 Å². The molecule has 1 aromatic rings. The molecule has 0 saturated heterocycles. The molecular weight excluding hydrogens is 286 g/mol. The second kappa shape index (κ2) is 7.41. The summed E-state index contributed by atoms with van der Waals surface area (Å²) in [5, 5.41) is 38.2. The third kappa shape index (κ3) is 4.89. The number of rotatable bonds is 9. The quantitative estimate of drug-likeness (QED) is 0.385. The van der Waals surface area contributed by atoms with Gasteiger partial charge in [-0.2, -0.15) is 0 Å². The van der Waals surface area contributed by atoms with Crippen molar-refractivity contribution in [2.24, 2.45) is 0 Å². The smallest absolute Gasteiger partial charge is 0.332 e. The maximum atomic E-state index is 11.0. The number of carbonyl (C=O) groups is 3. The van der Waals surface area contributed by atoms with Gasteiger partial charge >= 0.3 is 17.9 Å². The maximum absolute atomic E-state index is 11.0. The van der Waals surface area contributed by atoms with Gasteiger partial charge in [0.2, 0.25) is 6.04 Å². The maximum Gasteiger partial charge on any atom is 0.332 e. The second-order valence-corrected chi connectivity index (χ2v) is 4.32. The summed E-state index contributed by atoms with van der Waals surface area (Å²) in [6.45, 7) is 0. The fourth-order valence-corrected chi connectivity index (χ4v) is 1.68. The SMILES string of the molecule is O=C(O)C(CCC(O)c1ccoc1)NC(C(=O)O)C(=O)O. The molecule has 2 unspecified atom stereocenters. The molecule has 0 amide bonds. The number of furan rings is 1. The Morgan fingerprint density at radius 1 is 1.10 bits per heavy atom. The summed E-state index contributed by atoms with van der Waals surface area (Å²) < 4.78 is 4.77. The molecule has 116 valence electrons. The lowest BCUT2D eigenvalue weighted by Gasteiger charge is -2.18. The first-order chi connectivity index (χ1) is 9.82. The van der Waals surface area contributed by atoms with Gasteiger partial charge in [0.15, 0.2) is 0 Å². The molecule has 21 heavy (non-hydrogen) atoms. The predicted molar refractivity (Wildman–Crippen MR) is 66.5 cm³/mol. The summed E-state index contributed by atoms with van der Waals surface area (Å²) in [7, 11) is 0. The Morgan fingerprint density at radius 2 is 1.71 bits per heavy atom. The van der Waals surface area contributed by atoms with Crippen molar-refractivity contribution >= 4 is 17.9 Å². The van der Waals surface area contributed by atoms with Gasteiger partial charge in [-0.05, 0) is 18.9 Å². The number of carboxylic acid groups (broad SMARTS) is 3. The average molecular weight is 301 g/mol. The van der Waals surface area contributed by atoms with E-state index in [2.05, 4.69) is 0 Å². The highest BCUT2D eigenvalue weighted by molar-refractivity contribution is 5.97. The summed E-state index contributed by atoms with van der Waals surface area (Å²) in [6.07, 6.45) is 1.50. The van der Waals surface area contributed by atoms with Crippen molar-refractivity contribution in [3.8, 4) is 0 Å². The predicted octanol–water partition coefficient (Wildman–Crippen LogP) is -0.326. The van der Waals surface area contributed by atoms with Crippen LogP contribution in [0.25, 0.3) is 0 Å². The van der Waals surface area contributed by atoms with Crippen molar-refractivity contribution in [1.29, 1.82) is 0 Å². The molecular formula is C12H15NO8. The van der Waals surface area contributed by atoms with Gasteiger partial charge in [-0.25, -0.2) is 9.59 Å². The van der Waals surface area contributed by atoms with Crippen molar-refractivity contribution in [3.63, 3.8) is 0 Å². The Hall–Kier alpha value is -2.39. The lowest BCUT2D eigenvalue weighted by Crippen LogP contribution is -2.51. The fraction of sp³-hybridized carbons (Fsp3) is 0.417. The van der Waals surface area contributed by atoms with Gasteiger partial charge in [0, 0.05) is 5.56 Å². The number of aliphatic carboxylic acids is 3. The van der Waals surface area contributed by atoms with E-state index in [4.69, 9.17) is 19.7 Å². The number of aliphatic hydroxyl groups excluding tert-OH is 1. The molecule has 9 nitrogen and oxygen atoms in total. The van der Waals surface area contributed by atoms with Gasteiger partial charge in [0.1, 0.15) is 6.04 Å². The lowest BCUT2D eigenvalue weighted by atomic mass is 10.0. The zero-order valence-corrected chi connectivity index (χ0v) is 10.8. The first-order valence-electron chi connectivity index (χ1n) is 5.97. The van der Waals surface area contributed by atoms with Crippen LogP contribution < -0.4 is 5.32 Å². The first-order valence-corrected chi connectivity index (χ1v) is 5.97. The Morgan fingerprint density at radius 3 is 2.14 bits per heavy atom. The van der Waals surface area contributed by atoms with Crippen molar-refractivity contribution in [3.05, 3.63) is 24.2 Å². The lowest BCUT2D eigenvalue weighted by molar-refractivity contribution is -0.152. The Balaban J connectivity index is 2.63. The van der Waals surface area contributed by atoms with Gasteiger partial charge in [0.25, 0.3) is 0 Å². The molecule has 0 saturated carbocycles. The minimum absolute atomic E-state index is 0.00451. The molecule has 2 atom stereocenters. The molecule has 1 rings (SSSR count). The van der Waals surface area contributed by atoms with Crippen LogP contribution in [0.1, 0.15) is 24.5 Å². The highest BCUT2D eigenvalue weighted by Gasteiger charge is 2.31. The van der Waals surface area contributed by atoms with Crippen molar-refractivity contribution in [2.75, 3.05) is 0 Å². The molecule has 1 aromatic heterocycles. The zero-order valence-electron chi connectivity index (χ0n) is 10.8. The highest BCUT2D eigenvalue weighted by atomic mass is 16.4. The number of hydrogen-bond acceptors (Lipinski definition) is 6. The van der Waals surface area contributed by atoms with Gasteiger partial charge in [-0.1, -0.05) is 0 Å². The molecule has 0 bridgehead atoms. The molecule has 0 aliphatic rings. The average Bonchev–Trinajstić information content (AvgIpc) is 2.90. The van der Waals surface area contributed by atoms with E-state index >= 15 is 0 Å². The summed E-state index contributed by atoms with van der Waals surface area (Å²) >= 11 is 0. The van der Waals surface area contributed by atoms with E-state index in [-0.39, 0.29) is 12.8 Å². The van der Waals surface area contributed by atoms with Crippen molar-refractivity contribution in [1.82, 2.24) is 5.32 Å². The number of hydrogen-bond donors (Lipinski definition) is 5. The minimum Gasteiger partial charge on any atom is -0.480 e. The van der Waals surface area contributed by atoms with Crippen LogP contribution in [0.15, 0.2) is 23.0 Å². The third-order valence-corrected chi connectivity index (χ3v) is 2.82. The summed E-state index contributed by atoms with van der Waals surface area (Å²) in [5.74, 6) is -4.78. The molecule has 1 heterocycles. The molecule has 0 aliphatic heterocycles. The van der Waals surface area contributed by atoms with E-state index in [1.807, 2.05) is 5.32 Å². The van der Waals surface area contributed by atoms with E-state index in [9.17, 15) is 19.5 Å². The number of carboxylic acids is 3. The minimum atomic E-state index is -2.03. The molecule has 0 aliphatic carbocycles. The first kappa shape index (κ1) is 16.7. The normalized spacial score (nSPS) is 13.8. The van der Waals surface area contributed by atoms with Gasteiger partial charge in [-0.3, -0.25) is 10.1 Å². The molecule has 0 radical (unpaired) electrons. The fourth-order valence-electron chi connectivity index (χ4n) is 1.68. The van der Waals surface area contributed by atoms with Crippen LogP contribution in [0.5, 0.6) is 0 Å². The van der Waals surface area contributed by atoms with Crippen molar-refractivity contribution < 1.29 is 39.2 Å². The van der Waals surface area contributed by atoms with Crippen LogP contribution >= 0.6 is 0 Å². The highest BCUT2D eigenvalue weighted by Crippen LogP contribution is 2.19. The number of aliphatic hydroxyl groups is 1. The van der Waals surface area contributed by atoms with Gasteiger partial charge < -0.3 is 24.8 Å². The summed E-state index contributed by atoms with van der Waals surface area (Å²) in [5.41, 5.74) is 0.451.